The molecule has 0 radical (unpaired) electrons. The van der Waals surface area contributed by atoms with E-state index < -0.39 is 47.8 Å². The topological polar surface area (TPSA) is 186 Å². The van der Waals surface area contributed by atoms with Crippen molar-refractivity contribution in [2.75, 3.05) is 19.7 Å². The number of hydrogen-bond donors (Lipinski definition) is 4. The van der Waals surface area contributed by atoms with E-state index in [9.17, 15) is 24.0 Å². The van der Waals surface area contributed by atoms with Crippen molar-refractivity contribution in [3.8, 4) is 5.75 Å². The number of hydrogen-bond acceptors (Lipinski definition) is 9. The second-order valence-corrected chi connectivity index (χ2v) is 15.7. The third-order valence-corrected chi connectivity index (χ3v) is 9.57. The highest BCUT2D eigenvalue weighted by Crippen LogP contribution is 2.16. The zero-order chi connectivity index (χ0) is 44.3. The van der Waals surface area contributed by atoms with Crippen molar-refractivity contribution in [2.45, 2.75) is 90.3 Å². The minimum absolute atomic E-state index is 0.00653. The molecule has 0 spiro atoms. The highest BCUT2D eigenvalue weighted by molar-refractivity contribution is 5.99. The molecule has 1 aliphatic rings. The zero-order valence-electron chi connectivity index (χ0n) is 35.6. The summed E-state index contributed by atoms with van der Waals surface area (Å²) in [6.07, 6.45) is -1.35. The molecule has 5 rings (SSSR count). The van der Waals surface area contributed by atoms with Crippen molar-refractivity contribution in [1.29, 1.82) is 0 Å². The van der Waals surface area contributed by atoms with Crippen LogP contribution < -0.4 is 26.0 Å². The summed E-state index contributed by atoms with van der Waals surface area (Å²) in [5.74, 6) is -0.360. The number of amides is 5. The Morgan fingerprint density at radius 2 is 1.18 bits per heavy atom. The Kier molecular flexibility index (Phi) is 17.3. The maximum Gasteiger partial charge on any atom is 0.437 e. The molecule has 328 valence electrons. The first kappa shape index (κ1) is 46.2. The van der Waals surface area contributed by atoms with Gasteiger partial charge in [-0.2, -0.15) is 0 Å². The van der Waals surface area contributed by atoms with Crippen molar-refractivity contribution in [3.63, 3.8) is 0 Å². The summed E-state index contributed by atoms with van der Waals surface area (Å²) in [6.45, 7) is 8.16. The Labute approximate surface area is 362 Å². The number of nitrogens with one attached hydrogen (secondary N) is 4. The molecule has 1 heterocycles. The molecule has 4 aromatic carbocycles. The number of carbonyl (C=O) groups is 5. The number of carbonyl (C=O) groups excluding carboxylic acids is 5. The summed E-state index contributed by atoms with van der Waals surface area (Å²) < 4.78 is 21.8. The number of aliphatic imine (C=N–C) groups is 1. The number of nitrogens with zero attached hydrogens (tertiary/aromatic N) is 2. The fraction of sp³-hybridized carbons (Fsp3) is 0.362. The average Bonchev–Trinajstić information content (AvgIpc) is 3.25. The lowest BCUT2D eigenvalue weighted by molar-refractivity contribution is -0.130. The third-order valence-electron chi connectivity index (χ3n) is 9.57. The molecule has 0 saturated carbocycles. The minimum atomic E-state index is -1.08. The van der Waals surface area contributed by atoms with Crippen molar-refractivity contribution in [2.24, 2.45) is 4.99 Å². The molecule has 1 fully saturated rings. The summed E-state index contributed by atoms with van der Waals surface area (Å²) in [5.41, 5.74) is 2.32. The lowest BCUT2D eigenvalue weighted by Gasteiger charge is -2.34. The van der Waals surface area contributed by atoms with Crippen LogP contribution in [-0.2, 0) is 49.9 Å². The molecule has 4 aromatic rings. The normalized spacial score (nSPS) is 14.1. The van der Waals surface area contributed by atoms with Gasteiger partial charge in [0.05, 0.1) is 6.61 Å². The Bertz CT molecular complexity index is 2090. The van der Waals surface area contributed by atoms with Crippen LogP contribution in [0.3, 0.4) is 0 Å². The number of ether oxygens (including phenoxy) is 4. The molecule has 1 saturated heterocycles. The summed E-state index contributed by atoms with van der Waals surface area (Å²) in [4.78, 5) is 72.8. The first-order valence-corrected chi connectivity index (χ1v) is 20.7. The Balaban J connectivity index is 1.26. The van der Waals surface area contributed by atoms with Gasteiger partial charge in [-0.25, -0.2) is 14.4 Å². The van der Waals surface area contributed by atoms with Gasteiger partial charge in [0.15, 0.2) is 0 Å². The average molecular weight is 849 g/mol. The second-order valence-electron chi connectivity index (χ2n) is 15.7. The number of alkyl carbamates (subject to hydrolysis) is 2. The highest BCUT2D eigenvalue weighted by atomic mass is 16.6. The summed E-state index contributed by atoms with van der Waals surface area (Å²) in [6, 6.07) is 32.4. The predicted octanol–water partition coefficient (Wildman–Crippen LogP) is 6.45. The number of rotatable bonds is 15. The van der Waals surface area contributed by atoms with E-state index in [-0.39, 0.29) is 38.1 Å². The maximum absolute atomic E-state index is 14.1. The SMILES string of the molecule is CCOc1ccc(CC(NC(=O)OC(C)(C)C)C(=O)NC(Cc2ccccc2)C(=O)NC2CCN(C(=NC(=O)OCc3ccccc3)NC(=O)OCc3ccccc3)CC2)cc1. The molecular weight excluding hydrogens is 793 g/mol. The fourth-order valence-electron chi connectivity index (χ4n) is 6.52. The van der Waals surface area contributed by atoms with E-state index in [1.165, 1.54) is 0 Å². The lowest BCUT2D eigenvalue weighted by atomic mass is 10.0. The van der Waals surface area contributed by atoms with Gasteiger partial charge in [-0.05, 0) is 74.9 Å². The Hall–Kier alpha value is -6.90. The first-order chi connectivity index (χ1) is 29.8. The van der Waals surface area contributed by atoms with E-state index in [0.29, 0.717) is 38.3 Å². The van der Waals surface area contributed by atoms with Crippen molar-refractivity contribution in [1.82, 2.24) is 26.2 Å². The number of guanidine groups is 1. The quantitative estimate of drug-likeness (QED) is 0.0589. The standard InChI is InChI=1S/C47H56N6O9/c1-5-59-38-23-21-34(22-24-38)30-40(50-46(58)62-47(2,3)4)42(55)49-39(29-33-15-9-6-10-16-33)41(54)48-37-25-27-53(28-26-37)43(51-44(56)60-31-35-17-11-7-12-18-35)52-45(57)61-32-36-19-13-8-14-20-36/h6-24,37,39-40H,5,25-32H2,1-4H3,(H,48,54)(H,49,55)(H,50,58)(H,51,52,56,57). The Morgan fingerprint density at radius 1 is 0.661 bits per heavy atom. The molecule has 15 heteroatoms. The van der Waals surface area contributed by atoms with Crippen molar-refractivity contribution in [3.05, 3.63) is 138 Å². The molecule has 0 aromatic heterocycles. The maximum atomic E-state index is 14.1. The largest absolute Gasteiger partial charge is 0.494 e. The molecule has 2 atom stereocenters. The van der Waals surface area contributed by atoms with E-state index in [4.69, 9.17) is 18.9 Å². The number of piperidine rings is 1. The van der Waals surface area contributed by atoms with E-state index in [1.54, 1.807) is 37.8 Å². The van der Waals surface area contributed by atoms with Gasteiger partial charge in [-0.15, -0.1) is 4.99 Å². The van der Waals surface area contributed by atoms with Crippen LogP contribution in [-0.4, -0.2) is 84.4 Å². The molecular formula is C47H56N6O9. The zero-order valence-corrected chi connectivity index (χ0v) is 35.6. The van der Waals surface area contributed by atoms with Crippen LogP contribution in [0.25, 0.3) is 0 Å². The molecule has 0 aliphatic carbocycles. The van der Waals surface area contributed by atoms with E-state index >= 15 is 0 Å². The number of likely N-dealkylation sites (tertiary alicyclic amines) is 1. The van der Waals surface area contributed by atoms with Gasteiger partial charge < -0.3 is 39.8 Å². The fourth-order valence-corrected chi connectivity index (χ4v) is 6.52. The van der Waals surface area contributed by atoms with Crippen molar-refractivity contribution >= 4 is 36.1 Å². The lowest BCUT2D eigenvalue weighted by Crippen LogP contribution is -2.57. The molecule has 62 heavy (non-hydrogen) atoms. The smallest absolute Gasteiger partial charge is 0.437 e. The van der Waals surface area contributed by atoms with E-state index in [1.807, 2.05) is 110 Å². The van der Waals surface area contributed by atoms with Crippen LogP contribution in [0.2, 0.25) is 0 Å². The van der Waals surface area contributed by atoms with Crippen LogP contribution in [0.5, 0.6) is 5.75 Å². The van der Waals surface area contributed by atoms with Crippen molar-refractivity contribution < 1.29 is 42.9 Å². The van der Waals surface area contributed by atoms with Crippen LogP contribution in [0.1, 0.15) is 62.8 Å². The molecule has 2 unspecified atom stereocenters. The minimum Gasteiger partial charge on any atom is -0.494 e. The van der Waals surface area contributed by atoms with E-state index in [0.717, 1.165) is 22.3 Å². The summed E-state index contributed by atoms with van der Waals surface area (Å²) in [7, 11) is 0. The van der Waals surface area contributed by atoms with Gasteiger partial charge >= 0.3 is 18.3 Å². The monoisotopic (exact) mass is 848 g/mol. The molecule has 4 N–H and O–H groups in total. The Morgan fingerprint density at radius 3 is 1.73 bits per heavy atom. The van der Waals surface area contributed by atoms with E-state index in [2.05, 4.69) is 26.3 Å². The van der Waals surface area contributed by atoms with Gasteiger partial charge in [0, 0.05) is 32.0 Å². The van der Waals surface area contributed by atoms with Gasteiger partial charge in [-0.3, -0.25) is 14.9 Å². The molecule has 15 nitrogen and oxygen atoms in total. The first-order valence-electron chi connectivity index (χ1n) is 20.7. The molecule has 5 amide bonds. The predicted molar refractivity (Wildman–Crippen MR) is 233 cm³/mol. The summed E-state index contributed by atoms with van der Waals surface area (Å²) >= 11 is 0. The van der Waals surface area contributed by atoms with Gasteiger partial charge in [0.2, 0.25) is 17.8 Å². The van der Waals surface area contributed by atoms with Gasteiger partial charge in [0.25, 0.3) is 0 Å². The highest BCUT2D eigenvalue weighted by Gasteiger charge is 2.31. The van der Waals surface area contributed by atoms with Crippen LogP contribution in [0.4, 0.5) is 14.4 Å². The van der Waals surface area contributed by atoms with Gasteiger partial charge in [-0.1, -0.05) is 103 Å². The van der Waals surface area contributed by atoms with Gasteiger partial charge in [0.1, 0.15) is 36.6 Å². The third kappa shape index (κ3) is 15.9. The molecule has 0 bridgehead atoms. The van der Waals surface area contributed by atoms with Crippen LogP contribution in [0, 0.1) is 0 Å². The van der Waals surface area contributed by atoms with Crippen LogP contribution in [0.15, 0.2) is 120 Å². The summed E-state index contributed by atoms with van der Waals surface area (Å²) in [5, 5.41) is 11.3. The molecule has 1 aliphatic heterocycles. The van der Waals surface area contributed by atoms with Crippen LogP contribution >= 0.6 is 0 Å². The second kappa shape index (κ2) is 23.2. The number of benzene rings is 4.